The topological polar surface area (TPSA) is 87.3 Å². The molecule has 0 aliphatic carbocycles. The van der Waals surface area contributed by atoms with Crippen LogP contribution in [0.1, 0.15) is 11.1 Å². The second kappa shape index (κ2) is 7.94. The van der Waals surface area contributed by atoms with Crippen molar-refractivity contribution in [1.82, 2.24) is 10.0 Å². The second-order valence-corrected chi connectivity index (χ2v) is 7.15. The number of hydrogen-bond acceptors (Lipinski definition) is 3. The molecule has 128 valence electrons. The van der Waals surface area contributed by atoms with Crippen LogP contribution in [0, 0.1) is 13.8 Å². The van der Waals surface area contributed by atoms with E-state index in [2.05, 4.69) is 15.4 Å². The smallest absolute Gasteiger partial charge is 0.319 e. The molecular formula is C17H21N3O3S. The molecule has 2 aromatic carbocycles. The molecule has 6 nitrogen and oxygen atoms in total. The van der Waals surface area contributed by atoms with E-state index in [1.54, 1.807) is 31.2 Å². The molecule has 0 bridgehead atoms. The summed E-state index contributed by atoms with van der Waals surface area (Å²) in [6, 6.07) is 13.9. The van der Waals surface area contributed by atoms with Gasteiger partial charge in [0.05, 0.1) is 4.90 Å². The number of para-hydroxylation sites is 1. The van der Waals surface area contributed by atoms with E-state index >= 15 is 0 Å². The Kier molecular flexibility index (Phi) is 5.94. The van der Waals surface area contributed by atoms with Crippen molar-refractivity contribution in [3.8, 4) is 0 Å². The van der Waals surface area contributed by atoms with Gasteiger partial charge in [-0.25, -0.2) is 17.9 Å². The fraction of sp³-hybridized carbons (Fsp3) is 0.235. The van der Waals surface area contributed by atoms with Crippen LogP contribution in [0.25, 0.3) is 0 Å². The average molecular weight is 347 g/mol. The van der Waals surface area contributed by atoms with Gasteiger partial charge in [0.15, 0.2) is 0 Å². The molecule has 7 heteroatoms. The molecule has 3 N–H and O–H groups in total. The Labute approximate surface area is 142 Å². The van der Waals surface area contributed by atoms with Crippen molar-refractivity contribution in [1.29, 1.82) is 0 Å². The van der Waals surface area contributed by atoms with Crippen molar-refractivity contribution in [3.05, 3.63) is 59.7 Å². The van der Waals surface area contributed by atoms with E-state index < -0.39 is 10.0 Å². The molecule has 0 saturated carbocycles. The highest BCUT2D eigenvalue weighted by Gasteiger charge is 2.16. The maximum Gasteiger partial charge on any atom is 0.319 e. The molecule has 0 saturated heterocycles. The summed E-state index contributed by atoms with van der Waals surface area (Å²) in [5.41, 5.74) is 2.23. The summed E-state index contributed by atoms with van der Waals surface area (Å²) in [5.74, 6) is 0. The molecular weight excluding hydrogens is 326 g/mol. The Morgan fingerprint density at radius 2 is 1.71 bits per heavy atom. The van der Waals surface area contributed by atoms with Crippen molar-refractivity contribution in [2.75, 3.05) is 18.4 Å². The number of aryl methyl sites for hydroxylation is 2. The SMILES string of the molecule is Cc1ccc(C)c(S(=O)(=O)NCCNC(=O)Nc2ccccc2)c1. The third kappa shape index (κ3) is 5.07. The zero-order valence-electron chi connectivity index (χ0n) is 13.7. The van der Waals surface area contributed by atoms with Gasteiger partial charge in [0.1, 0.15) is 0 Å². The van der Waals surface area contributed by atoms with Gasteiger partial charge in [-0.3, -0.25) is 0 Å². The summed E-state index contributed by atoms with van der Waals surface area (Å²) in [5, 5.41) is 5.26. The van der Waals surface area contributed by atoms with Crippen LogP contribution in [-0.4, -0.2) is 27.5 Å². The minimum absolute atomic E-state index is 0.109. The van der Waals surface area contributed by atoms with Crippen LogP contribution in [0.2, 0.25) is 0 Å². The number of hydrogen-bond donors (Lipinski definition) is 3. The first-order chi connectivity index (χ1) is 11.4. The number of rotatable bonds is 6. The monoisotopic (exact) mass is 347 g/mol. The van der Waals surface area contributed by atoms with Gasteiger partial charge in [-0.1, -0.05) is 30.3 Å². The predicted octanol–water partition coefficient (Wildman–Crippen LogP) is 2.40. The molecule has 2 amide bonds. The molecule has 0 spiro atoms. The molecule has 0 aliphatic heterocycles. The molecule has 24 heavy (non-hydrogen) atoms. The van der Waals surface area contributed by atoms with Gasteiger partial charge >= 0.3 is 6.03 Å². The maximum atomic E-state index is 12.3. The molecule has 0 unspecified atom stereocenters. The van der Waals surface area contributed by atoms with Crippen LogP contribution in [0.5, 0.6) is 0 Å². The van der Waals surface area contributed by atoms with Crippen molar-refractivity contribution < 1.29 is 13.2 Å². The summed E-state index contributed by atoms with van der Waals surface area (Å²) >= 11 is 0. The van der Waals surface area contributed by atoms with Gasteiger partial charge in [-0.2, -0.15) is 0 Å². The molecule has 0 atom stereocenters. The molecule has 0 radical (unpaired) electrons. The van der Waals surface area contributed by atoms with E-state index in [0.717, 1.165) is 5.56 Å². The fourth-order valence-corrected chi connectivity index (χ4v) is 3.49. The van der Waals surface area contributed by atoms with Gasteiger partial charge in [0, 0.05) is 18.8 Å². The lowest BCUT2D eigenvalue weighted by atomic mass is 10.2. The van der Waals surface area contributed by atoms with E-state index in [-0.39, 0.29) is 24.0 Å². The molecule has 0 aromatic heterocycles. The number of anilines is 1. The zero-order valence-corrected chi connectivity index (χ0v) is 14.5. The average Bonchev–Trinajstić information content (AvgIpc) is 2.55. The third-order valence-electron chi connectivity index (χ3n) is 3.37. The summed E-state index contributed by atoms with van der Waals surface area (Å²) in [7, 11) is -3.59. The number of carbonyl (C=O) groups is 1. The normalized spacial score (nSPS) is 11.1. The molecule has 0 aliphatic rings. The first kappa shape index (κ1) is 18.0. The minimum atomic E-state index is -3.59. The van der Waals surface area contributed by atoms with Crippen LogP contribution in [0.15, 0.2) is 53.4 Å². The van der Waals surface area contributed by atoms with E-state index in [9.17, 15) is 13.2 Å². The highest BCUT2D eigenvalue weighted by atomic mass is 32.2. The Hall–Kier alpha value is -2.38. The number of amides is 2. The summed E-state index contributed by atoms with van der Waals surface area (Å²) in [6.07, 6.45) is 0. The summed E-state index contributed by atoms with van der Waals surface area (Å²) in [4.78, 5) is 12.0. The van der Waals surface area contributed by atoms with Gasteiger partial charge in [-0.05, 0) is 43.2 Å². The lowest BCUT2D eigenvalue weighted by Gasteiger charge is -2.11. The predicted molar refractivity (Wildman–Crippen MR) is 94.6 cm³/mol. The largest absolute Gasteiger partial charge is 0.337 e. The number of nitrogens with one attached hydrogen (secondary N) is 3. The van der Waals surface area contributed by atoms with E-state index in [0.29, 0.717) is 11.3 Å². The number of urea groups is 1. The van der Waals surface area contributed by atoms with Crippen LogP contribution < -0.4 is 15.4 Å². The number of benzene rings is 2. The van der Waals surface area contributed by atoms with Gasteiger partial charge in [0.25, 0.3) is 0 Å². The quantitative estimate of drug-likeness (QED) is 0.701. The van der Waals surface area contributed by atoms with Gasteiger partial charge in [-0.15, -0.1) is 0 Å². The summed E-state index contributed by atoms with van der Waals surface area (Å²) in [6.45, 7) is 3.88. The van der Waals surface area contributed by atoms with Crippen molar-refractivity contribution in [3.63, 3.8) is 0 Å². The molecule has 2 aromatic rings. The van der Waals surface area contributed by atoms with Crippen LogP contribution >= 0.6 is 0 Å². The highest BCUT2D eigenvalue weighted by Crippen LogP contribution is 2.16. The van der Waals surface area contributed by atoms with Crippen molar-refractivity contribution >= 4 is 21.7 Å². The zero-order chi connectivity index (χ0) is 17.6. The van der Waals surface area contributed by atoms with Crippen LogP contribution in [0.4, 0.5) is 10.5 Å². The maximum absolute atomic E-state index is 12.3. The lowest BCUT2D eigenvalue weighted by Crippen LogP contribution is -2.36. The minimum Gasteiger partial charge on any atom is -0.337 e. The Morgan fingerprint density at radius 1 is 1.00 bits per heavy atom. The van der Waals surface area contributed by atoms with E-state index in [1.807, 2.05) is 31.2 Å². The second-order valence-electron chi connectivity index (χ2n) is 5.41. The van der Waals surface area contributed by atoms with Crippen molar-refractivity contribution in [2.45, 2.75) is 18.7 Å². The van der Waals surface area contributed by atoms with Crippen molar-refractivity contribution in [2.24, 2.45) is 0 Å². The van der Waals surface area contributed by atoms with E-state index in [1.165, 1.54) is 0 Å². The third-order valence-corrected chi connectivity index (χ3v) is 4.97. The van der Waals surface area contributed by atoms with Gasteiger partial charge < -0.3 is 10.6 Å². The first-order valence-electron chi connectivity index (χ1n) is 7.55. The standard InChI is InChI=1S/C17H21N3O3S/c1-13-8-9-14(2)16(12-13)24(22,23)19-11-10-18-17(21)20-15-6-4-3-5-7-15/h3-9,12,19H,10-11H2,1-2H3,(H2,18,20,21). The van der Waals surface area contributed by atoms with Crippen LogP contribution in [-0.2, 0) is 10.0 Å². The Balaban J connectivity index is 1.83. The highest BCUT2D eigenvalue weighted by molar-refractivity contribution is 7.89. The Morgan fingerprint density at radius 3 is 2.42 bits per heavy atom. The number of sulfonamides is 1. The Bertz CT molecular complexity index is 805. The van der Waals surface area contributed by atoms with Crippen LogP contribution in [0.3, 0.4) is 0 Å². The first-order valence-corrected chi connectivity index (χ1v) is 9.03. The molecule has 2 rings (SSSR count). The lowest BCUT2D eigenvalue weighted by molar-refractivity contribution is 0.252. The van der Waals surface area contributed by atoms with E-state index in [4.69, 9.17) is 0 Å². The molecule has 0 heterocycles. The fourth-order valence-electron chi connectivity index (χ4n) is 2.13. The van der Waals surface area contributed by atoms with Gasteiger partial charge in [0.2, 0.25) is 10.0 Å². The summed E-state index contributed by atoms with van der Waals surface area (Å²) < 4.78 is 27.1. The molecule has 0 fully saturated rings. The number of carbonyl (C=O) groups excluding carboxylic acids is 1.